The molecule has 1 heterocycles. The summed E-state index contributed by atoms with van der Waals surface area (Å²) in [4.78, 5) is 4.78. The molecule has 0 spiro atoms. The monoisotopic (exact) mass is 366 g/mol. The van der Waals surface area contributed by atoms with Crippen molar-refractivity contribution in [2.24, 2.45) is 10.1 Å². The zero-order valence-corrected chi connectivity index (χ0v) is 14.5. The van der Waals surface area contributed by atoms with Crippen molar-refractivity contribution >= 4 is 21.3 Å². The number of nitrogens with zero attached hydrogens (tertiary/aromatic N) is 1. The van der Waals surface area contributed by atoms with E-state index in [9.17, 15) is 12.8 Å². The summed E-state index contributed by atoms with van der Waals surface area (Å²) < 4.78 is 36.3. The predicted molar refractivity (Wildman–Crippen MR) is 99.5 cm³/mol. The van der Waals surface area contributed by atoms with Crippen LogP contribution in [0.15, 0.2) is 87.9 Å². The second kappa shape index (κ2) is 6.16. The Morgan fingerprint density at radius 2 is 1.62 bits per heavy atom. The highest BCUT2D eigenvalue weighted by Crippen LogP contribution is 2.38. The van der Waals surface area contributed by atoms with Gasteiger partial charge in [-0.2, -0.15) is 0 Å². The highest BCUT2D eigenvalue weighted by Gasteiger charge is 2.26. The summed E-state index contributed by atoms with van der Waals surface area (Å²) in [6.45, 7) is 0. The van der Waals surface area contributed by atoms with Crippen molar-refractivity contribution in [2.75, 3.05) is 0 Å². The molecule has 0 bridgehead atoms. The minimum atomic E-state index is -3.75. The lowest BCUT2D eigenvalue weighted by molar-refractivity contribution is 0.598. The Hall–Kier alpha value is -2.83. The van der Waals surface area contributed by atoms with Crippen LogP contribution >= 0.6 is 0 Å². The molecule has 1 aliphatic carbocycles. The van der Waals surface area contributed by atoms with Crippen molar-refractivity contribution in [1.29, 1.82) is 0 Å². The Bertz CT molecular complexity index is 1110. The van der Waals surface area contributed by atoms with Gasteiger partial charge in [0.05, 0.1) is 16.3 Å². The maximum Gasteiger partial charge on any atom is 0.238 e. The summed E-state index contributed by atoms with van der Waals surface area (Å²) in [5, 5.41) is 5.17. The van der Waals surface area contributed by atoms with E-state index >= 15 is 0 Å². The maximum absolute atomic E-state index is 13.3. The van der Waals surface area contributed by atoms with E-state index in [1.807, 2.05) is 18.2 Å². The van der Waals surface area contributed by atoms with Crippen LogP contribution in [0.5, 0.6) is 0 Å². The van der Waals surface area contributed by atoms with E-state index in [2.05, 4.69) is 0 Å². The topological polar surface area (TPSA) is 72.5 Å². The van der Waals surface area contributed by atoms with Crippen molar-refractivity contribution in [2.45, 2.75) is 11.3 Å². The lowest BCUT2D eigenvalue weighted by Gasteiger charge is -2.11. The van der Waals surface area contributed by atoms with E-state index in [1.54, 1.807) is 24.3 Å². The summed E-state index contributed by atoms with van der Waals surface area (Å²) in [7, 11) is -3.75. The summed E-state index contributed by atoms with van der Waals surface area (Å²) in [6.07, 6.45) is 6.68. The highest BCUT2D eigenvalue weighted by molar-refractivity contribution is 7.89. The fourth-order valence-electron chi connectivity index (χ4n) is 3.14. The number of hydrogen-bond acceptors (Lipinski definition) is 3. The number of fused-ring (bicyclic) bond motifs is 1. The van der Waals surface area contributed by atoms with Crippen molar-refractivity contribution in [3.63, 3.8) is 0 Å². The lowest BCUT2D eigenvalue weighted by Crippen LogP contribution is -2.12. The Morgan fingerprint density at radius 3 is 2.27 bits per heavy atom. The van der Waals surface area contributed by atoms with E-state index in [-0.39, 0.29) is 10.7 Å². The van der Waals surface area contributed by atoms with Gasteiger partial charge >= 0.3 is 0 Å². The second-order valence-corrected chi connectivity index (χ2v) is 7.64. The highest BCUT2D eigenvalue weighted by atomic mass is 32.2. The number of allylic oxidation sites excluding steroid dienone is 5. The molecule has 0 unspecified atom stereocenters. The van der Waals surface area contributed by atoms with Gasteiger partial charge in [0.25, 0.3) is 0 Å². The van der Waals surface area contributed by atoms with Gasteiger partial charge in [-0.05, 0) is 47.9 Å². The lowest BCUT2D eigenvalue weighted by atomic mass is 9.90. The van der Waals surface area contributed by atoms with Gasteiger partial charge in [-0.25, -0.2) is 22.9 Å². The van der Waals surface area contributed by atoms with Crippen LogP contribution in [0.25, 0.3) is 5.57 Å². The molecule has 2 aliphatic rings. The quantitative estimate of drug-likeness (QED) is 0.902. The zero-order valence-electron chi connectivity index (χ0n) is 13.7. The van der Waals surface area contributed by atoms with Gasteiger partial charge in [0.2, 0.25) is 10.0 Å². The summed E-state index contributed by atoms with van der Waals surface area (Å²) in [5.41, 5.74) is 5.27. The van der Waals surface area contributed by atoms with Gasteiger partial charge in [-0.3, -0.25) is 0 Å². The predicted octanol–water partition coefficient (Wildman–Crippen LogP) is 3.57. The Morgan fingerprint density at radius 1 is 0.962 bits per heavy atom. The number of rotatable bonds is 3. The van der Waals surface area contributed by atoms with Crippen molar-refractivity contribution < 1.29 is 12.8 Å². The Kier molecular flexibility index (Phi) is 3.94. The van der Waals surface area contributed by atoms with Crippen LogP contribution in [0, 0.1) is 5.82 Å². The number of nitrogens with two attached hydrogens (primary N) is 1. The molecule has 2 N–H and O–H groups in total. The molecule has 0 amide bonds. The fraction of sp³-hybridized carbons (Fsp3) is 0.0500. The van der Waals surface area contributed by atoms with Gasteiger partial charge < -0.3 is 0 Å². The molecule has 2 aromatic carbocycles. The standard InChI is InChI=1S/C20H15FN2O2S/c21-15-9-5-13(6-10-15)19-17-3-1-2-4-18(17)23-20(19)14-7-11-16(12-8-14)26(22,24)25/h1-2,4-12H,3H2,(H2,22,24,25). The average molecular weight is 366 g/mol. The molecule has 2 aromatic rings. The summed E-state index contributed by atoms with van der Waals surface area (Å²) >= 11 is 0. The van der Waals surface area contributed by atoms with E-state index in [0.717, 1.165) is 40.1 Å². The van der Waals surface area contributed by atoms with E-state index in [1.165, 1.54) is 24.3 Å². The Balaban J connectivity index is 1.84. The molecule has 6 heteroatoms. The van der Waals surface area contributed by atoms with Gasteiger partial charge in [-0.1, -0.05) is 36.4 Å². The first-order valence-electron chi connectivity index (χ1n) is 8.02. The molecule has 4 rings (SSSR count). The first-order chi connectivity index (χ1) is 12.4. The molecule has 130 valence electrons. The second-order valence-electron chi connectivity index (χ2n) is 6.07. The number of halogens is 1. The van der Waals surface area contributed by atoms with Crippen molar-refractivity contribution in [3.05, 3.63) is 95.0 Å². The van der Waals surface area contributed by atoms with E-state index in [4.69, 9.17) is 10.1 Å². The number of aliphatic imine (C=N–C) groups is 1. The normalized spacial score (nSPS) is 16.4. The maximum atomic E-state index is 13.3. The Labute approximate surface area is 150 Å². The minimum absolute atomic E-state index is 0.0501. The third-order valence-corrected chi connectivity index (χ3v) is 5.31. The van der Waals surface area contributed by atoms with Crippen LogP contribution in [0.4, 0.5) is 4.39 Å². The SMILES string of the molecule is NS(=O)(=O)c1ccc(C2=NC3=CC=CCC3=C2c2ccc(F)cc2)cc1. The third-order valence-electron chi connectivity index (χ3n) is 4.38. The minimum Gasteiger partial charge on any atom is -0.247 e. The number of benzene rings is 2. The van der Waals surface area contributed by atoms with Gasteiger partial charge in [-0.15, -0.1) is 0 Å². The number of hydrogen-bond donors (Lipinski definition) is 1. The molecule has 0 aromatic heterocycles. The van der Waals surface area contributed by atoms with E-state index < -0.39 is 10.0 Å². The molecule has 1 aliphatic heterocycles. The van der Waals surface area contributed by atoms with Gasteiger partial charge in [0.15, 0.2) is 0 Å². The van der Waals surface area contributed by atoms with Crippen LogP contribution < -0.4 is 5.14 Å². The summed E-state index contributed by atoms with van der Waals surface area (Å²) in [6, 6.07) is 12.6. The number of primary sulfonamides is 1. The molecule has 0 radical (unpaired) electrons. The molecule has 0 saturated carbocycles. The van der Waals surface area contributed by atoms with E-state index in [0.29, 0.717) is 0 Å². The van der Waals surface area contributed by atoms with Gasteiger partial charge in [0, 0.05) is 11.1 Å². The zero-order chi connectivity index (χ0) is 18.3. The molecule has 26 heavy (non-hydrogen) atoms. The average Bonchev–Trinajstić information content (AvgIpc) is 3.01. The molecule has 0 fully saturated rings. The smallest absolute Gasteiger partial charge is 0.238 e. The van der Waals surface area contributed by atoms with Crippen LogP contribution in [0.1, 0.15) is 17.5 Å². The molecular formula is C20H15FN2O2S. The van der Waals surface area contributed by atoms with Crippen LogP contribution in [0.3, 0.4) is 0 Å². The number of sulfonamides is 1. The first-order valence-corrected chi connectivity index (χ1v) is 9.57. The molecule has 4 nitrogen and oxygen atoms in total. The largest absolute Gasteiger partial charge is 0.247 e. The van der Waals surface area contributed by atoms with Crippen LogP contribution in [-0.4, -0.2) is 14.1 Å². The third kappa shape index (κ3) is 2.94. The van der Waals surface area contributed by atoms with Crippen molar-refractivity contribution in [3.8, 4) is 0 Å². The molecule has 0 saturated heterocycles. The fourth-order valence-corrected chi connectivity index (χ4v) is 3.66. The molecule has 0 atom stereocenters. The van der Waals surface area contributed by atoms with Gasteiger partial charge in [0.1, 0.15) is 5.82 Å². The van der Waals surface area contributed by atoms with Crippen LogP contribution in [-0.2, 0) is 10.0 Å². The summed E-state index contributed by atoms with van der Waals surface area (Å²) in [5.74, 6) is -0.298. The molecular weight excluding hydrogens is 351 g/mol. The van der Waals surface area contributed by atoms with Crippen molar-refractivity contribution in [1.82, 2.24) is 0 Å². The van der Waals surface area contributed by atoms with Crippen LogP contribution in [0.2, 0.25) is 0 Å². The first kappa shape index (κ1) is 16.6.